The zero-order chi connectivity index (χ0) is 34.2. The fourth-order valence-corrected chi connectivity index (χ4v) is 7.91. The number of nitrogens with zero attached hydrogens (tertiary/aromatic N) is 4. The van der Waals surface area contributed by atoms with Crippen LogP contribution in [0.15, 0.2) is 115 Å². The molecule has 3 atom stereocenters. The predicted molar refractivity (Wildman–Crippen MR) is 188 cm³/mol. The Morgan fingerprint density at radius 1 is 0.878 bits per heavy atom. The number of carboxylic acids is 2. The number of imidazole rings is 1. The zero-order valence-corrected chi connectivity index (χ0v) is 27.3. The van der Waals surface area contributed by atoms with Crippen molar-refractivity contribution < 1.29 is 24.6 Å². The largest absolute Gasteiger partial charge is 0.480 e. The van der Waals surface area contributed by atoms with Gasteiger partial charge in [0.05, 0.1) is 11.9 Å². The van der Waals surface area contributed by atoms with Crippen LogP contribution in [0.5, 0.6) is 0 Å². The Morgan fingerprint density at radius 2 is 1.59 bits per heavy atom. The Balaban J connectivity index is 1.33. The molecule has 2 aliphatic rings. The van der Waals surface area contributed by atoms with Crippen molar-refractivity contribution in [2.75, 3.05) is 33.2 Å². The van der Waals surface area contributed by atoms with E-state index in [1.807, 2.05) is 72.2 Å². The lowest BCUT2D eigenvalue weighted by Gasteiger charge is -2.53. The summed E-state index contributed by atoms with van der Waals surface area (Å²) < 4.78 is 1.89. The number of piperazine rings is 1. The SMILES string of the molecule is CN1CCN(C2(C(=O)O)C(=C=O)C(Cc3cncn3CCc3ccc4ccccc4c3)(C(=O)O)C=CC2c2cccc3ccccc23)CC1. The number of aryl methyl sites for hydroxylation is 2. The van der Waals surface area contributed by atoms with Gasteiger partial charge in [0.1, 0.15) is 11.4 Å². The van der Waals surface area contributed by atoms with Crippen LogP contribution >= 0.6 is 0 Å². The predicted octanol–water partition coefficient (Wildman–Crippen LogP) is 5.23. The molecule has 2 heterocycles. The molecule has 49 heavy (non-hydrogen) atoms. The molecule has 3 unspecified atom stereocenters. The minimum atomic E-state index is -2.00. The number of hydrogen-bond acceptors (Lipinski definition) is 6. The first-order valence-corrected chi connectivity index (χ1v) is 16.6. The molecule has 1 saturated heterocycles. The van der Waals surface area contributed by atoms with Crippen molar-refractivity contribution in [2.24, 2.45) is 5.41 Å². The third-order valence-electron chi connectivity index (χ3n) is 10.5. The lowest BCUT2D eigenvalue weighted by molar-refractivity contribution is -0.154. The second-order valence-corrected chi connectivity index (χ2v) is 13.2. The molecule has 248 valence electrons. The third-order valence-corrected chi connectivity index (χ3v) is 10.5. The van der Waals surface area contributed by atoms with Crippen LogP contribution in [0.1, 0.15) is 22.7 Å². The van der Waals surface area contributed by atoms with Crippen molar-refractivity contribution >= 4 is 39.4 Å². The number of carboxylic acid groups (broad SMARTS) is 2. The van der Waals surface area contributed by atoms with Crippen molar-refractivity contribution in [3.05, 3.63) is 132 Å². The number of rotatable bonds is 9. The normalized spacial score (nSPS) is 23.1. The summed E-state index contributed by atoms with van der Waals surface area (Å²) in [7, 11) is 1.96. The fourth-order valence-electron chi connectivity index (χ4n) is 7.91. The van der Waals surface area contributed by atoms with E-state index in [0.717, 1.165) is 27.1 Å². The van der Waals surface area contributed by atoms with Gasteiger partial charge in [0.2, 0.25) is 0 Å². The van der Waals surface area contributed by atoms with Gasteiger partial charge in [-0.2, -0.15) is 0 Å². The summed E-state index contributed by atoms with van der Waals surface area (Å²) >= 11 is 0. The van der Waals surface area contributed by atoms with E-state index in [2.05, 4.69) is 40.2 Å². The molecule has 0 spiro atoms. The molecule has 0 radical (unpaired) electrons. The van der Waals surface area contributed by atoms with Gasteiger partial charge in [0, 0.05) is 57.0 Å². The van der Waals surface area contributed by atoms with Gasteiger partial charge in [0.15, 0.2) is 5.54 Å². The lowest BCUT2D eigenvalue weighted by atomic mass is 9.58. The Labute approximate surface area is 284 Å². The van der Waals surface area contributed by atoms with Gasteiger partial charge >= 0.3 is 11.9 Å². The lowest BCUT2D eigenvalue weighted by Crippen LogP contribution is -2.67. The number of aromatic nitrogens is 2. The average Bonchev–Trinajstić information content (AvgIpc) is 3.56. The van der Waals surface area contributed by atoms with Crippen molar-refractivity contribution in [1.82, 2.24) is 19.4 Å². The Morgan fingerprint density at radius 3 is 2.33 bits per heavy atom. The van der Waals surface area contributed by atoms with Crippen LogP contribution in [0.25, 0.3) is 21.5 Å². The average molecular weight is 655 g/mol. The Kier molecular flexibility index (Phi) is 8.50. The highest BCUT2D eigenvalue weighted by atomic mass is 16.4. The summed E-state index contributed by atoms with van der Waals surface area (Å²) in [5, 5.41) is 26.5. The topological polar surface area (TPSA) is 116 Å². The van der Waals surface area contributed by atoms with Crippen LogP contribution in [-0.4, -0.2) is 86.2 Å². The van der Waals surface area contributed by atoms with E-state index in [0.29, 0.717) is 50.4 Å². The van der Waals surface area contributed by atoms with Gasteiger partial charge in [0.25, 0.3) is 0 Å². The number of carbonyl (C=O) groups excluding carboxylic acids is 1. The standard InChI is InChI=1S/C40H38N4O5/c1-42-19-21-44(22-20-42)40(38(48)49)35(34-12-6-10-30-8-4-5-11-33(30)34)15-17-39(37(46)47,36(40)26-45)24-32-25-41-27-43(32)18-16-28-13-14-29-7-2-3-9-31(29)23-28/h2-15,17,23,25,27,35H,16,18-22,24H2,1H3,(H,46,47)(H,48,49). The molecule has 9 nitrogen and oxygen atoms in total. The minimum absolute atomic E-state index is 0.161. The first kappa shape index (κ1) is 32.2. The maximum absolute atomic E-state index is 14.0. The van der Waals surface area contributed by atoms with Crippen molar-refractivity contribution in [2.45, 2.75) is 30.8 Å². The molecule has 1 aliphatic heterocycles. The molecule has 0 saturated carbocycles. The van der Waals surface area contributed by atoms with Gasteiger partial charge < -0.3 is 19.7 Å². The zero-order valence-electron chi connectivity index (χ0n) is 27.3. The Bertz CT molecular complexity index is 2140. The summed E-state index contributed by atoms with van der Waals surface area (Å²) in [6.45, 7) is 2.32. The number of likely N-dealkylation sites (N-methyl/N-ethyl adjacent to an activating group) is 1. The molecule has 0 amide bonds. The highest BCUT2D eigenvalue weighted by Gasteiger charge is 2.64. The fraction of sp³-hybridized carbons (Fsp3) is 0.275. The molecule has 0 bridgehead atoms. The van der Waals surface area contributed by atoms with E-state index in [-0.39, 0.29) is 12.0 Å². The van der Waals surface area contributed by atoms with Crippen LogP contribution in [0, 0.1) is 5.41 Å². The van der Waals surface area contributed by atoms with Crippen LogP contribution in [0.3, 0.4) is 0 Å². The van der Waals surface area contributed by atoms with Crippen molar-refractivity contribution in [3.63, 3.8) is 0 Å². The van der Waals surface area contributed by atoms with E-state index >= 15 is 0 Å². The quantitative estimate of drug-likeness (QED) is 0.164. The molecule has 1 fully saturated rings. The molecule has 1 aromatic heterocycles. The third kappa shape index (κ3) is 5.46. The maximum atomic E-state index is 14.0. The molecule has 4 aromatic carbocycles. The van der Waals surface area contributed by atoms with Gasteiger partial charge in [-0.3, -0.25) is 9.69 Å². The van der Waals surface area contributed by atoms with Gasteiger partial charge in [-0.05, 0) is 46.1 Å². The second-order valence-electron chi connectivity index (χ2n) is 13.2. The smallest absolute Gasteiger partial charge is 0.330 e. The van der Waals surface area contributed by atoms with Crippen LogP contribution in [-0.2, 0) is 33.8 Å². The van der Waals surface area contributed by atoms with E-state index in [4.69, 9.17) is 0 Å². The summed E-state index contributed by atoms with van der Waals surface area (Å²) in [5.41, 5.74) is -1.87. The summed E-state index contributed by atoms with van der Waals surface area (Å²) in [5.74, 6) is -1.45. The molecule has 9 heteroatoms. The molecular formula is C40H38N4O5. The van der Waals surface area contributed by atoms with Crippen molar-refractivity contribution in [3.8, 4) is 0 Å². The Hall–Kier alpha value is -5.34. The van der Waals surface area contributed by atoms with Gasteiger partial charge in [-0.25, -0.2) is 14.6 Å². The number of aliphatic carboxylic acids is 2. The highest BCUT2D eigenvalue weighted by molar-refractivity contribution is 5.98. The first-order chi connectivity index (χ1) is 23.8. The monoisotopic (exact) mass is 654 g/mol. The number of fused-ring (bicyclic) bond motifs is 2. The van der Waals surface area contributed by atoms with E-state index in [1.54, 1.807) is 23.5 Å². The molecule has 5 aromatic rings. The summed E-state index contributed by atoms with van der Waals surface area (Å²) in [6.07, 6.45) is 7.01. The van der Waals surface area contributed by atoms with Gasteiger partial charge in [-0.1, -0.05) is 97.1 Å². The first-order valence-electron chi connectivity index (χ1n) is 16.6. The molecular weight excluding hydrogens is 616 g/mol. The van der Waals surface area contributed by atoms with Crippen LogP contribution in [0.4, 0.5) is 0 Å². The summed E-state index contributed by atoms with van der Waals surface area (Å²) in [4.78, 5) is 49.2. The number of carbonyl (C=O) groups is 2. The summed E-state index contributed by atoms with van der Waals surface area (Å²) in [6, 6.07) is 27.9. The number of benzene rings is 4. The van der Waals surface area contributed by atoms with E-state index < -0.39 is 28.8 Å². The number of hydrogen-bond donors (Lipinski definition) is 2. The highest BCUT2D eigenvalue weighted by Crippen LogP contribution is 2.53. The molecule has 7 rings (SSSR count). The van der Waals surface area contributed by atoms with Gasteiger partial charge in [-0.15, -0.1) is 0 Å². The van der Waals surface area contributed by atoms with Crippen LogP contribution < -0.4 is 0 Å². The van der Waals surface area contributed by atoms with Crippen molar-refractivity contribution in [1.29, 1.82) is 0 Å². The van der Waals surface area contributed by atoms with Crippen LogP contribution in [0.2, 0.25) is 0 Å². The van der Waals surface area contributed by atoms with E-state index in [9.17, 15) is 24.6 Å². The maximum Gasteiger partial charge on any atom is 0.330 e. The minimum Gasteiger partial charge on any atom is -0.480 e. The van der Waals surface area contributed by atoms with E-state index in [1.165, 1.54) is 6.08 Å². The molecule has 1 aliphatic carbocycles. The second kappa shape index (κ2) is 12.9. The molecule has 2 N–H and O–H groups in total.